The van der Waals surface area contributed by atoms with Crippen molar-refractivity contribution in [2.75, 3.05) is 0 Å². The molecule has 0 atom stereocenters. The summed E-state index contributed by atoms with van der Waals surface area (Å²) in [6.07, 6.45) is 23.5. The van der Waals surface area contributed by atoms with Crippen LogP contribution in [0.1, 0.15) is 122 Å². The summed E-state index contributed by atoms with van der Waals surface area (Å²) in [7, 11) is 0. The van der Waals surface area contributed by atoms with E-state index in [0.717, 1.165) is 18.4 Å². The molecule has 0 amide bonds. The van der Waals surface area contributed by atoms with Gasteiger partial charge < -0.3 is 10.2 Å². The van der Waals surface area contributed by atoms with Crippen molar-refractivity contribution in [3.63, 3.8) is 0 Å². The van der Waals surface area contributed by atoms with E-state index in [9.17, 15) is 15.0 Å². The van der Waals surface area contributed by atoms with Crippen molar-refractivity contribution in [3.8, 4) is 5.75 Å². The van der Waals surface area contributed by atoms with Gasteiger partial charge in [-0.2, -0.15) is 0 Å². The molecule has 0 fully saturated rings. The Morgan fingerprint density at radius 1 is 0.700 bits per heavy atom. The highest BCUT2D eigenvalue weighted by Crippen LogP contribution is 2.18. The Morgan fingerprint density at radius 2 is 1.10 bits per heavy atom. The molecule has 0 saturated carbocycles. The summed E-state index contributed by atoms with van der Waals surface area (Å²) < 4.78 is 0. The van der Waals surface area contributed by atoms with Gasteiger partial charge in [0.1, 0.15) is 5.75 Å². The second-order valence-corrected chi connectivity index (χ2v) is 8.62. The van der Waals surface area contributed by atoms with E-state index < -0.39 is 5.97 Å². The maximum absolute atomic E-state index is 11.4. The van der Waals surface area contributed by atoms with E-state index in [0.29, 0.717) is 12.0 Å². The van der Waals surface area contributed by atoms with Gasteiger partial charge in [0.2, 0.25) is 0 Å². The number of phenolic OH excluding ortho intramolecular Hbond substituents is 1. The molecule has 0 radical (unpaired) electrons. The van der Waals surface area contributed by atoms with Gasteiger partial charge in [0.25, 0.3) is 0 Å². The highest BCUT2D eigenvalue weighted by molar-refractivity contribution is 5.92. The molecule has 0 aliphatic heterocycles. The molecule has 1 rings (SSSR count). The standard InChI is InChI=1S/C27H44O3/c1-2-3-4-5-6-7-8-9-10-11-12-13-14-15-16-17-18-25(27(29)30)23-24-19-21-26(28)22-20-24/h19-23,28H,2-18H2,1H3,(H,29,30)/b25-23+. The molecule has 0 aromatic heterocycles. The number of aliphatic carboxylic acids is 1. The molecule has 2 N–H and O–H groups in total. The number of hydrogen-bond acceptors (Lipinski definition) is 2. The van der Waals surface area contributed by atoms with Crippen LogP contribution in [0, 0.1) is 0 Å². The van der Waals surface area contributed by atoms with Gasteiger partial charge in [0.05, 0.1) is 0 Å². The fourth-order valence-corrected chi connectivity index (χ4v) is 3.88. The van der Waals surface area contributed by atoms with Crippen molar-refractivity contribution in [2.45, 2.75) is 116 Å². The smallest absolute Gasteiger partial charge is 0.331 e. The van der Waals surface area contributed by atoms with Gasteiger partial charge >= 0.3 is 5.97 Å². The number of carboxylic acid groups (broad SMARTS) is 1. The van der Waals surface area contributed by atoms with Crippen LogP contribution < -0.4 is 0 Å². The maximum atomic E-state index is 11.4. The summed E-state index contributed by atoms with van der Waals surface area (Å²) >= 11 is 0. The normalized spacial score (nSPS) is 11.7. The van der Waals surface area contributed by atoms with E-state index in [1.165, 1.54) is 89.9 Å². The summed E-state index contributed by atoms with van der Waals surface area (Å²) in [4.78, 5) is 11.4. The second-order valence-electron chi connectivity index (χ2n) is 8.62. The number of carboxylic acids is 1. The largest absolute Gasteiger partial charge is 0.508 e. The average molecular weight is 417 g/mol. The summed E-state index contributed by atoms with van der Waals surface area (Å²) in [6.45, 7) is 2.27. The lowest BCUT2D eigenvalue weighted by atomic mass is 10.0. The minimum atomic E-state index is -0.843. The summed E-state index contributed by atoms with van der Waals surface area (Å²) in [6, 6.07) is 6.65. The quantitative estimate of drug-likeness (QED) is 0.175. The van der Waals surface area contributed by atoms with Crippen molar-refractivity contribution >= 4 is 12.0 Å². The van der Waals surface area contributed by atoms with Gasteiger partial charge in [-0.3, -0.25) is 0 Å². The van der Waals surface area contributed by atoms with Crippen LogP contribution in [0.5, 0.6) is 5.75 Å². The topological polar surface area (TPSA) is 57.5 Å². The van der Waals surface area contributed by atoms with Crippen LogP contribution in [-0.2, 0) is 4.79 Å². The highest BCUT2D eigenvalue weighted by atomic mass is 16.4. The van der Waals surface area contributed by atoms with Crippen LogP contribution in [-0.4, -0.2) is 16.2 Å². The molecule has 30 heavy (non-hydrogen) atoms. The van der Waals surface area contributed by atoms with Gasteiger partial charge in [-0.1, -0.05) is 115 Å². The van der Waals surface area contributed by atoms with Crippen LogP contribution in [0.4, 0.5) is 0 Å². The van der Waals surface area contributed by atoms with Gasteiger partial charge in [-0.15, -0.1) is 0 Å². The summed E-state index contributed by atoms with van der Waals surface area (Å²) in [5, 5.41) is 18.7. The van der Waals surface area contributed by atoms with E-state index >= 15 is 0 Å². The zero-order valence-corrected chi connectivity index (χ0v) is 19.2. The van der Waals surface area contributed by atoms with Crippen LogP contribution in [0.25, 0.3) is 6.08 Å². The molecular formula is C27H44O3. The number of hydrogen-bond donors (Lipinski definition) is 2. The van der Waals surface area contributed by atoms with E-state index in [2.05, 4.69) is 6.92 Å². The van der Waals surface area contributed by atoms with Gasteiger partial charge in [-0.25, -0.2) is 4.79 Å². The number of unbranched alkanes of at least 4 members (excludes halogenated alkanes) is 15. The Bertz CT molecular complexity index is 574. The number of rotatable bonds is 19. The maximum Gasteiger partial charge on any atom is 0.331 e. The van der Waals surface area contributed by atoms with Crippen LogP contribution in [0.3, 0.4) is 0 Å². The van der Waals surface area contributed by atoms with Crippen molar-refractivity contribution < 1.29 is 15.0 Å². The third-order valence-electron chi connectivity index (χ3n) is 5.81. The molecular weight excluding hydrogens is 372 g/mol. The molecule has 0 unspecified atom stereocenters. The minimum Gasteiger partial charge on any atom is -0.508 e. The van der Waals surface area contributed by atoms with Crippen molar-refractivity contribution in [2.24, 2.45) is 0 Å². The lowest BCUT2D eigenvalue weighted by molar-refractivity contribution is -0.132. The predicted molar refractivity (Wildman–Crippen MR) is 128 cm³/mol. The Kier molecular flexibility index (Phi) is 15.8. The van der Waals surface area contributed by atoms with Gasteiger partial charge in [0.15, 0.2) is 0 Å². The molecule has 3 heteroatoms. The van der Waals surface area contributed by atoms with Crippen LogP contribution in [0.2, 0.25) is 0 Å². The monoisotopic (exact) mass is 416 g/mol. The first-order chi connectivity index (χ1) is 14.6. The van der Waals surface area contributed by atoms with Crippen molar-refractivity contribution in [1.29, 1.82) is 0 Å². The lowest BCUT2D eigenvalue weighted by Gasteiger charge is -2.05. The van der Waals surface area contributed by atoms with Gasteiger partial charge in [0, 0.05) is 5.57 Å². The minimum absolute atomic E-state index is 0.196. The SMILES string of the molecule is CCCCCCCCCCCCCCCCCC/C(=C\c1ccc(O)cc1)C(=O)O. The fourth-order valence-electron chi connectivity index (χ4n) is 3.88. The Labute approximate surface area is 184 Å². The van der Waals surface area contributed by atoms with Gasteiger partial charge in [-0.05, 0) is 36.6 Å². The lowest BCUT2D eigenvalue weighted by Crippen LogP contribution is -2.00. The summed E-state index contributed by atoms with van der Waals surface area (Å²) in [5.74, 6) is -0.647. The predicted octanol–water partition coefficient (Wildman–Crippen LogP) is 8.51. The second kappa shape index (κ2) is 18.0. The van der Waals surface area contributed by atoms with Crippen molar-refractivity contribution in [3.05, 3.63) is 35.4 Å². The molecule has 170 valence electrons. The molecule has 0 saturated heterocycles. The first kappa shape index (κ1) is 26.3. The molecule has 0 bridgehead atoms. The molecule has 1 aromatic carbocycles. The number of phenols is 1. The number of carbonyl (C=O) groups is 1. The average Bonchev–Trinajstić information content (AvgIpc) is 2.73. The Hall–Kier alpha value is -1.77. The number of aromatic hydroxyl groups is 1. The first-order valence-corrected chi connectivity index (χ1v) is 12.4. The third-order valence-corrected chi connectivity index (χ3v) is 5.81. The Morgan fingerprint density at radius 3 is 1.50 bits per heavy atom. The molecule has 0 aliphatic carbocycles. The molecule has 0 heterocycles. The highest BCUT2D eigenvalue weighted by Gasteiger charge is 2.07. The Balaban J connectivity index is 1.97. The van der Waals surface area contributed by atoms with E-state index in [1.807, 2.05) is 0 Å². The fraction of sp³-hybridized carbons (Fsp3) is 0.667. The summed E-state index contributed by atoms with van der Waals surface area (Å²) in [5.41, 5.74) is 1.27. The zero-order chi connectivity index (χ0) is 21.9. The zero-order valence-electron chi connectivity index (χ0n) is 19.2. The molecule has 0 spiro atoms. The molecule has 1 aromatic rings. The van der Waals surface area contributed by atoms with E-state index in [1.54, 1.807) is 30.3 Å². The molecule has 0 aliphatic rings. The van der Waals surface area contributed by atoms with Crippen LogP contribution >= 0.6 is 0 Å². The number of benzene rings is 1. The van der Waals surface area contributed by atoms with E-state index in [-0.39, 0.29) is 5.75 Å². The third kappa shape index (κ3) is 14.3. The first-order valence-electron chi connectivity index (χ1n) is 12.4. The molecule has 3 nitrogen and oxygen atoms in total. The van der Waals surface area contributed by atoms with Crippen molar-refractivity contribution in [1.82, 2.24) is 0 Å². The van der Waals surface area contributed by atoms with Crippen LogP contribution in [0.15, 0.2) is 29.8 Å². The van der Waals surface area contributed by atoms with E-state index in [4.69, 9.17) is 0 Å².